The number of methoxy groups -OCH3 is 2. The molecule has 1 N–H and O–H groups in total. The van der Waals surface area contributed by atoms with Gasteiger partial charge < -0.3 is 14.5 Å². The average Bonchev–Trinajstić information content (AvgIpc) is 3.03. The molecule has 0 bridgehead atoms. The van der Waals surface area contributed by atoms with Crippen LogP contribution in [0.2, 0.25) is 0 Å². The van der Waals surface area contributed by atoms with Gasteiger partial charge >= 0.3 is 0 Å². The van der Waals surface area contributed by atoms with Gasteiger partial charge in [0.05, 0.1) is 19.9 Å². The molecule has 0 saturated heterocycles. The number of nitrogens with one attached hydrogen (secondary N) is 1. The number of halogens is 1. The molecule has 0 amide bonds. The van der Waals surface area contributed by atoms with Crippen molar-refractivity contribution in [2.45, 2.75) is 6.92 Å². The quantitative estimate of drug-likeness (QED) is 0.613. The molecule has 6 nitrogen and oxygen atoms in total. The Balaban J connectivity index is 1.99. The highest BCUT2D eigenvalue weighted by Gasteiger charge is 2.16. The molecule has 4 aromatic rings. The van der Waals surface area contributed by atoms with E-state index in [0.29, 0.717) is 22.0 Å². The van der Waals surface area contributed by atoms with E-state index in [1.54, 1.807) is 30.3 Å². The maximum Gasteiger partial charge on any atom is 0.281 e. The van der Waals surface area contributed by atoms with Gasteiger partial charge in [-0.1, -0.05) is 0 Å². The van der Waals surface area contributed by atoms with Gasteiger partial charge in [-0.15, -0.1) is 0 Å². The highest BCUT2D eigenvalue weighted by atomic mass is 19.1. The minimum absolute atomic E-state index is 0.167. The van der Waals surface area contributed by atoms with Crippen molar-refractivity contribution in [1.29, 1.82) is 0 Å². The maximum atomic E-state index is 15.0. The number of fused-ring (bicyclic) bond motifs is 2. The van der Waals surface area contributed by atoms with Crippen molar-refractivity contribution in [1.82, 2.24) is 14.5 Å². The Morgan fingerprint density at radius 3 is 2.69 bits per heavy atom. The number of aromatic nitrogens is 3. The molecule has 3 aromatic heterocycles. The normalized spacial score (nSPS) is 11.2. The second kappa shape index (κ2) is 5.87. The van der Waals surface area contributed by atoms with Gasteiger partial charge in [-0.25, -0.2) is 9.37 Å². The molecule has 4 rings (SSSR count). The standard InChI is InChI=1S/C19H16FN3O3/c1-10-8-12-13(21-10)4-5-14(16(12)20)23-7-6-11-9-15(25-2)18(26-3)22-17(11)19(23)24/h4-9,21H,1-3H3. The molecule has 3 heterocycles. The molecular weight excluding hydrogens is 337 g/mol. The fourth-order valence-corrected chi connectivity index (χ4v) is 3.09. The van der Waals surface area contributed by atoms with E-state index < -0.39 is 11.4 Å². The first-order valence-electron chi connectivity index (χ1n) is 7.96. The van der Waals surface area contributed by atoms with E-state index in [4.69, 9.17) is 9.47 Å². The number of hydrogen-bond donors (Lipinski definition) is 1. The molecule has 132 valence electrons. The average molecular weight is 353 g/mol. The van der Waals surface area contributed by atoms with E-state index in [1.807, 2.05) is 6.92 Å². The highest BCUT2D eigenvalue weighted by molar-refractivity contribution is 5.84. The maximum absolute atomic E-state index is 15.0. The van der Waals surface area contributed by atoms with E-state index in [0.717, 1.165) is 5.69 Å². The van der Waals surface area contributed by atoms with E-state index in [-0.39, 0.29) is 17.1 Å². The number of H-pyrrole nitrogens is 1. The number of pyridine rings is 2. The lowest BCUT2D eigenvalue weighted by atomic mass is 10.2. The summed E-state index contributed by atoms with van der Waals surface area (Å²) in [6.07, 6.45) is 1.53. The number of hydrogen-bond acceptors (Lipinski definition) is 4. The molecule has 0 saturated carbocycles. The third-order valence-electron chi connectivity index (χ3n) is 4.33. The largest absolute Gasteiger partial charge is 0.491 e. The van der Waals surface area contributed by atoms with Crippen molar-refractivity contribution in [3.05, 3.63) is 58.4 Å². The Hall–Kier alpha value is -3.35. The van der Waals surface area contributed by atoms with Gasteiger partial charge in [-0.2, -0.15) is 0 Å². The molecule has 0 aliphatic heterocycles. The molecule has 26 heavy (non-hydrogen) atoms. The second-order valence-corrected chi connectivity index (χ2v) is 5.94. The monoisotopic (exact) mass is 353 g/mol. The van der Waals surface area contributed by atoms with Gasteiger partial charge in [-0.05, 0) is 37.3 Å². The molecule has 0 radical (unpaired) electrons. The van der Waals surface area contributed by atoms with Crippen molar-refractivity contribution in [2.24, 2.45) is 0 Å². The van der Waals surface area contributed by atoms with Crippen LogP contribution in [0.5, 0.6) is 11.6 Å². The van der Waals surface area contributed by atoms with E-state index in [1.165, 1.54) is 25.0 Å². The van der Waals surface area contributed by atoms with Crippen molar-refractivity contribution >= 4 is 21.8 Å². The van der Waals surface area contributed by atoms with Crippen LogP contribution in [0.15, 0.2) is 41.3 Å². The molecular formula is C19H16FN3O3. The van der Waals surface area contributed by atoms with Crippen molar-refractivity contribution in [2.75, 3.05) is 14.2 Å². The van der Waals surface area contributed by atoms with Crippen LogP contribution in [-0.4, -0.2) is 28.8 Å². The minimum Gasteiger partial charge on any atom is -0.491 e. The van der Waals surface area contributed by atoms with Gasteiger partial charge in [-0.3, -0.25) is 9.36 Å². The first kappa shape index (κ1) is 16.1. The zero-order valence-electron chi connectivity index (χ0n) is 14.5. The summed E-state index contributed by atoms with van der Waals surface area (Å²) >= 11 is 0. The SMILES string of the molecule is COc1cc2ccn(-c3ccc4[nH]c(C)cc4c3F)c(=O)c2nc1OC. The molecule has 0 fully saturated rings. The lowest BCUT2D eigenvalue weighted by Crippen LogP contribution is -2.20. The third kappa shape index (κ3) is 2.32. The predicted octanol–water partition coefficient (Wildman–Crippen LogP) is 3.33. The smallest absolute Gasteiger partial charge is 0.281 e. The van der Waals surface area contributed by atoms with Gasteiger partial charge in [0.15, 0.2) is 11.6 Å². The van der Waals surface area contributed by atoms with E-state index in [2.05, 4.69) is 9.97 Å². The fraction of sp³-hybridized carbons (Fsp3) is 0.158. The van der Waals surface area contributed by atoms with Crippen LogP contribution < -0.4 is 15.0 Å². The number of aromatic amines is 1. The third-order valence-corrected chi connectivity index (χ3v) is 4.33. The zero-order chi connectivity index (χ0) is 18.4. The fourth-order valence-electron chi connectivity index (χ4n) is 3.09. The van der Waals surface area contributed by atoms with Crippen molar-refractivity contribution < 1.29 is 13.9 Å². The van der Waals surface area contributed by atoms with Crippen LogP contribution in [0.1, 0.15) is 5.69 Å². The molecule has 0 atom stereocenters. The zero-order valence-corrected chi connectivity index (χ0v) is 14.5. The van der Waals surface area contributed by atoms with Crippen LogP contribution in [0.4, 0.5) is 4.39 Å². The molecule has 7 heteroatoms. The van der Waals surface area contributed by atoms with Crippen LogP contribution in [0.25, 0.3) is 27.5 Å². The van der Waals surface area contributed by atoms with Crippen molar-refractivity contribution in [3.63, 3.8) is 0 Å². The van der Waals surface area contributed by atoms with Crippen LogP contribution in [0, 0.1) is 12.7 Å². The summed E-state index contributed by atoms with van der Waals surface area (Å²) in [6, 6.07) is 8.40. The van der Waals surface area contributed by atoms with Gasteiger partial charge in [0.2, 0.25) is 0 Å². The lowest BCUT2D eigenvalue weighted by Gasteiger charge is -2.11. The summed E-state index contributed by atoms with van der Waals surface area (Å²) in [6.45, 7) is 1.85. The van der Waals surface area contributed by atoms with Gasteiger partial charge in [0.1, 0.15) is 5.52 Å². The lowest BCUT2D eigenvalue weighted by molar-refractivity contribution is 0.344. The van der Waals surface area contributed by atoms with E-state index in [9.17, 15) is 9.18 Å². The Kier molecular flexibility index (Phi) is 3.64. The Bertz CT molecular complexity index is 1210. The Labute approximate surface area is 147 Å². The van der Waals surface area contributed by atoms with Gasteiger partial charge in [0, 0.05) is 28.2 Å². The number of ether oxygens (including phenoxy) is 2. The van der Waals surface area contributed by atoms with Crippen LogP contribution in [0.3, 0.4) is 0 Å². The summed E-state index contributed by atoms with van der Waals surface area (Å²) in [5.74, 6) is 0.161. The highest BCUT2D eigenvalue weighted by Crippen LogP contribution is 2.28. The molecule has 0 aliphatic rings. The molecule has 0 spiro atoms. The molecule has 0 unspecified atom stereocenters. The second-order valence-electron chi connectivity index (χ2n) is 5.94. The Morgan fingerprint density at radius 1 is 1.15 bits per heavy atom. The number of rotatable bonds is 3. The summed E-state index contributed by atoms with van der Waals surface area (Å²) < 4.78 is 26.6. The first-order chi connectivity index (χ1) is 12.5. The molecule has 0 aliphatic carbocycles. The summed E-state index contributed by atoms with van der Waals surface area (Å²) in [5.41, 5.74) is 1.44. The predicted molar refractivity (Wildman–Crippen MR) is 97.0 cm³/mol. The number of nitrogens with zero attached hydrogens (tertiary/aromatic N) is 2. The Morgan fingerprint density at radius 2 is 1.96 bits per heavy atom. The van der Waals surface area contributed by atoms with Gasteiger partial charge in [0.25, 0.3) is 11.4 Å². The van der Waals surface area contributed by atoms with Crippen molar-refractivity contribution in [3.8, 4) is 17.3 Å². The summed E-state index contributed by atoms with van der Waals surface area (Å²) in [7, 11) is 2.94. The minimum atomic E-state index is -0.464. The van der Waals surface area contributed by atoms with E-state index >= 15 is 0 Å². The van der Waals surface area contributed by atoms with Crippen LogP contribution >= 0.6 is 0 Å². The first-order valence-corrected chi connectivity index (χ1v) is 7.96. The van der Waals surface area contributed by atoms with Crippen LogP contribution in [-0.2, 0) is 0 Å². The number of benzene rings is 1. The summed E-state index contributed by atoms with van der Waals surface area (Å²) in [5, 5.41) is 1.02. The molecule has 1 aromatic carbocycles. The topological polar surface area (TPSA) is 69.1 Å². The summed E-state index contributed by atoms with van der Waals surface area (Å²) in [4.78, 5) is 20.2. The number of aryl methyl sites for hydroxylation is 1.